The molecule has 0 aliphatic rings. The fraction of sp³-hybridized carbons (Fsp3) is 0. The number of ketones is 1. The Kier molecular flexibility index (Phi) is 4.03. The summed E-state index contributed by atoms with van der Waals surface area (Å²) in [4.78, 5) is 19.7. The minimum absolute atomic E-state index is 0.120. The topological polar surface area (TPSA) is 45.8 Å². The molecule has 1 N–H and O–H groups in total. The maximum atomic E-state index is 12.3. The highest BCUT2D eigenvalue weighted by Crippen LogP contribution is 2.21. The van der Waals surface area contributed by atoms with Crippen LogP contribution in [0.3, 0.4) is 0 Å². The van der Waals surface area contributed by atoms with E-state index >= 15 is 0 Å². The van der Waals surface area contributed by atoms with Gasteiger partial charge in [-0.3, -0.25) is 4.79 Å². The van der Waals surface area contributed by atoms with Crippen LogP contribution in [0.25, 0.3) is 11.3 Å². The summed E-state index contributed by atoms with van der Waals surface area (Å²) in [7, 11) is 0. The second-order valence-corrected chi connectivity index (χ2v) is 6.31. The van der Waals surface area contributed by atoms with Crippen LogP contribution in [0, 0.1) is 0 Å². The Hall–Kier alpha value is -1.72. The van der Waals surface area contributed by atoms with Gasteiger partial charge in [-0.05, 0) is 36.4 Å². The van der Waals surface area contributed by atoms with Crippen LogP contribution in [0.1, 0.15) is 16.2 Å². The highest BCUT2D eigenvalue weighted by atomic mass is 79.9. The van der Waals surface area contributed by atoms with Crippen LogP contribution in [0.4, 0.5) is 0 Å². The number of aromatic amines is 1. The summed E-state index contributed by atoms with van der Waals surface area (Å²) in [5, 5.41) is 0. The Morgan fingerprint density at radius 2 is 1.48 bits per heavy atom. The summed E-state index contributed by atoms with van der Waals surface area (Å²) in [6.07, 6.45) is 1.75. The number of hydrogen-bond acceptors (Lipinski definition) is 2. The van der Waals surface area contributed by atoms with Crippen LogP contribution < -0.4 is 0 Å². The molecule has 3 nitrogen and oxygen atoms in total. The monoisotopic (exact) mass is 404 g/mol. The van der Waals surface area contributed by atoms with Gasteiger partial charge in [0.15, 0.2) is 5.82 Å². The van der Waals surface area contributed by atoms with Gasteiger partial charge in [0.05, 0.1) is 5.69 Å². The van der Waals surface area contributed by atoms with E-state index in [2.05, 4.69) is 41.8 Å². The number of nitrogens with one attached hydrogen (secondary N) is 1. The number of imidazole rings is 1. The second-order valence-electron chi connectivity index (χ2n) is 4.48. The molecule has 1 heterocycles. The molecule has 0 atom stereocenters. The zero-order chi connectivity index (χ0) is 14.8. The Morgan fingerprint density at radius 1 is 0.905 bits per heavy atom. The van der Waals surface area contributed by atoms with E-state index in [-0.39, 0.29) is 5.78 Å². The van der Waals surface area contributed by atoms with E-state index in [1.54, 1.807) is 18.3 Å². The van der Waals surface area contributed by atoms with Gasteiger partial charge in [0.1, 0.15) is 0 Å². The Bertz CT molecular complexity index is 777. The average molecular weight is 406 g/mol. The number of H-pyrrole nitrogens is 1. The molecule has 21 heavy (non-hydrogen) atoms. The van der Waals surface area contributed by atoms with Gasteiger partial charge in [-0.1, -0.05) is 44.0 Å². The molecule has 3 aromatic rings. The standard InChI is InChI=1S/C16H10Br2N2O/c17-12-5-1-10(2-6-12)14-9-19-16(20-14)15(21)11-3-7-13(18)8-4-11/h1-9H,(H,19,20). The van der Waals surface area contributed by atoms with Crippen molar-refractivity contribution in [2.75, 3.05) is 0 Å². The average Bonchev–Trinajstić information content (AvgIpc) is 2.98. The number of benzene rings is 2. The predicted octanol–water partition coefficient (Wildman–Crippen LogP) is 4.83. The number of hydrogen-bond donors (Lipinski definition) is 1. The molecule has 5 heteroatoms. The highest BCUT2D eigenvalue weighted by Gasteiger charge is 2.13. The predicted molar refractivity (Wildman–Crippen MR) is 89.3 cm³/mol. The second kappa shape index (κ2) is 5.95. The summed E-state index contributed by atoms with van der Waals surface area (Å²) >= 11 is 6.75. The number of nitrogens with zero attached hydrogens (tertiary/aromatic N) is 1. The van der Waals surface area contributed by atoms with Crippen LogP contribution in [0.15, 0.2) is 63.7 Å². The van der Waals surface area contributed by atoms with Crippen molar-refractivity contribution < 1.29 is 4.79 Å². The molecule has 0 unspecified atom stereocenters. The minimum Gasteiger partial charge on any atom is -0.341 e. The minimum atomic E-state index is -0.120. The first kappa shape index (κ1) is 14.2. The van der Waals surface area contributed by atoms with Crippen LogP contribution in [-0.2, 0) is 0 Å². The van der Waals surface area contributed by atoms with E-state index in [9.17, 15) is 4.79 Å². The van der Waals surface area contributed by atoms with Crippen LogP contribution >= 0.6 is 31.9 Å². The Labute approximate surface area is 138 Å². The molecule has 0 spiro atoms. The van der Waals surface area contributed by atoms with Gasteiger partial charge in [0, 0.05) is 26.3 Å². The SMILES string of the molecule is O=C(c1ccc(Br)cc1)c1nc(-c2ccc(Br)cc2)c[nH]1. The smallest absolute Gasteiger partial charge is 0.228 e. The molecule has 0 saturated carbocycles. The number of carbonyl (C=O) groups excluding carboxylic acids is 1. The molecule has 1 aromatic heterocycles. The lowest BCUT2D eigenvalue weighted by atomic mass is 10.1. The molecule has 0 saturated heterocycles. The summed E-state index contributed by atoms with van der Waals surface area (Å²) in [6.45, 7) is 0. The van der Waals surface area contributed by atoms with Crippen molar-refractivity contribution >= 4 is 37.6 Å². The van der Waals surface area contributed by atoms with Crippen molar-refractivity contribution in [2.24, 2.45) is 0 Å². The molecule has 2 aromatic carbocycles. The van der Waals surface area contributed by atoms with Gasteiger partial charge in [-0.25, -0.2) is 4.98 Å². The van der Waals surface area contributed by atoms with Crippen LogP contribution in [0.2, 0.25) is 0 Å². The lowest BCUT2D eigenvalue weighted by Crippen LogP contribution is -2.03. The number of halogens is 2. The van der Waals surface area contributed by atoms with Gasteiger partial charge in [0.2, 0.25) is 5.78 Å². The van der Waals surface area contributed by atoms with Gasteiger partial charge >= 0.3 is 0 Å². The van der Waals surface area contributed by atoms with Gasteiger partial charge < -0.3 is 4.98 Å². The van der Waals surface area contributed by atoms with Crippen molar-refractivity contribution in [3.63, 3.8) is 0 Å². The summed E-state index contributed by atoms with van der Waals surface area (Å²) < 4.78 is 1.95. The zero-order valence-electron chi connectivity index (χ0n) is 10.8. The van der Waals surface area contributed by atoms with Crippen molar-refractivity contribution in [3.05, 3.63) is 75.1 Å². The Balaban J connectivity index is 1.89. The summed E-state index contributed by atoms with van der Waals surface area (Å²) in [5.74, 6) is 0.223. The molecule has 0 aliphatic heterocycles. The molecule has 0 amide bonds. The van der Waals surface area contributed by atoms with Gasteiger partial charge in [-0.15, -0.1) is 0 Å². The van der Waals surface area contributed by atoms with E-state index in [1.807, 2.05) is 36.4 Å². The first-order valence-corrected chi connectivity index (χ1v) is 7.84. The maximum absolute atomic E-state index is 12.3. The summed E-state index contributed by atoms with van der Waals surface area (Å²) in [5.41, 5.74) is 2.32. The zero-order valence-corrected chi connectivity index (χ0v) is 14.0. The molecule has 104 valence electrons. The normalized spacial score (nSPS) is 10.6. The fourth-order valence-electron chi connectivity index (χ4n) is 1.94. The third-order valence-corrected chi connectivity index (χ3v) is 4.10. The Morgan fingerprint density at radius 3 is 2.10 bits per heavy atom. The first-order valence-electron chi connectivity index (χ1n) is 6.25. The van der Waals surface area contributed by atoms with Crippen molar-refractivity contribution in [2.45, 2.75) is 0 Å². The molecule has 0 bridgehead atoms. The van der Waals surface area contributed by atoms with E-state index in [0.29, 0.717) is 11.4 Å². The fourth-order valence-corrected chi connectivity index (χ4v) is 2.47. The van der Waals surface area contributed by atoms with E-state index in [0.717, 1.165) is 20.2 Å². The van der Waals surface area contributed by atoms with Gasteiger partial charge in [-0.2, -0.15) is 0 Å². The molecule has 0 radical (unpaired) electrons. The third-order valence-electron chi connectivity index (χ3n) is 3.04. The summed E-state index contributed by atoms with van der Waals surface area (Å²) in [6, 6.07) is 15.0. The van der Waals surface area contributed by atoms with Crippen molar-refractivity contribution in [1.82, 2.24) is 9.97 Å². The number of rotatable bonds is 3. The maximum Gasteiger partial charge on any atom is 0.228 e. The lowest BCUT2D eigenvalue weighted by molar-refractivity contribution is 0.103. The third kappa shape index (κ3) is 3.14. The molecule has 3 rings (SSSR count). The molecule has 0 aliphatic carbocycles. The quantitative estimate of drug-likeness (QED) is 0.634. The van der Waals surface area contributed by atoms with E-state index < -0.39 is 0 Å². The number of aromatic nitrogens is 2. The lowest BCUT2D eigenvalue weighted by Gasteiger charge is -1.98. The van der Waals surface area contributed by atoms with Crippen LogP contribution in [-0.4, -0.2) is 15.8 Å². The van der Waals surface area contributed by atoms with Crippen LogP contribution in [0.5, 0.6) is 0 Å². The van der Waals surface area contributed by atoms with Gasteiger partial charge in [0.25, 0.3) is 0 Å². The largest absolute Gasteiger partial charge is 0.341 e. The van der Waals surface area contributed by atoms with Crippen molar-refractivity contribution in [3.8, 4) is 11.3 Å². The van der Waals surface area contributed by atoms with E-state index in [1.165, 1.54) is 0 Å². The molecular weight excluding hydrogens is 396 g/mol. The first-order chi connectivity index (χ1) is 10.1. The molecule has 0 fully saturated rings. The van der Waals surface area contributed by atoms with Crippen molar-refractivity contribution in [1.29, 1.82) is 0 Å². The highest BCUT2D eigenvalue weighted by molar-refractivity contribution is 9.10. The van der Waals surface area contributed by atoms with E-state index in [4.69, 9.17) is 0 Å². The molecular formula is C16H10Br2N2O. The number of carbonyl (C=O) groups is 1.